The number of carbonyl (C=O) groups excluding carboxylic acids is 2. The Morgan fingerprint density at radius 3 is 2.62 bits per heavy atom. The van der Waals surface area contributed by atoms with Gasteiger partial charge in [0.05, 0.1) is 27.5 Å². The van der Waals surface area contributed by atoms with Crippen molar-refractivity contribution in [3.05, 3.63) is 58.9 Å². The first kappa shape index (κ1) is 22.9. The van der Waals surface area contributed by atoms with Gasteiger partial charge in [0.15, 0.2) is 5.78 Å². The van der Waals surface area contributed by atoms with Gasteiger partial charge in [0, 0.05) is 50.7 Å². The summed E-state index contributed by atoms with van der Waals surface area (Å²) in [5.74, 6) is -0.0487. The third-order valence-electron chi connectivity index (χ3n) is 6.86. The maximum Gasteiger partial charge on any atom is 0.236 e. The van der Waals surface area contributed by atoms with Crippen molar-refractivity contribution in [2.75, 3.05) is 50.7 Å². The number of hydrogen-bond donors (Lipinski definition) is 0. The van der Waals surface area contributed by atoms with E-state index >= 15 is 0 Å². The Hall–Kier alpha value is -2.84. The number of aromatic nitrogens is 1. The summed E-state index contributed by atoms with van der Waals surface area (Å²) < 4.78 is 15.7. The smallest absolute Gasteiger partial charge is 0.236 e. The molecule has 5 rings (SSSR count). The molecule has 0 spiro atoms. The van der Waals surface area contributed by atoms with E-state index in [0.29, 0.717) is 49.9 Å². The fraction of sp³-hybridized carbons (Fsp3) is 0.423. The Kier molecular flexibility index (Phi) is 6.61. The van der Waals surface area contributed by atoms with E-state index in [1.165, 1.54) is 17.7 Å². The molecule has 0 N–H and O–H groups in total. The van der Waals surface area contributed by atoms with Gasteiger partial charge in [-0.05, 0) is 50.1 Å². The van der Waals surface area contributed by atoms with Crippen molar-refractivity contribution in [1.29, 1.82) is 0 Å². The van der Waals surface area contributed by atoms with E-state index in [2.05, 4.69) is 11.0 Å². The largest absolute Gasteiger partial charge is 0.367 e. The fourth-order valence-electron chi connectivity index (χ4n) is 4.89. The highest BCUT2D eigenvalue weighted by Crippen LogP contribution is 2.33. The molecular formula is C26H29FN4O2S. The first-order chi connectivity index (χ1) is 16.5. The molecule has 1 atom stereocenters. The number of piperazine rings is 1. The lowest BCUT2D eigenvalue weighted by molar-refractivity contribution is -0.133. The summed E-state index contributed by atoms with van der Waals surface area (Å²) >= 11 is 1.74. The number of halogens is 1. The number of nitrogens with zero attached hydrogens (tertiary/aromatic N) is 4. The molecular weight excluding hydrogens is 451 g/mol. The molecule has 2 aromatic carbocycles. The molecule has 34 heavy (non-hydrogen) atoms. The zero-order chi connectivity index (χ0) is 23.7. The van der Waals surface area contributed by atoms with Crippen LogP contribution in [-0.4, -0.2) is 72.3 Å². The highest BCUT2D eigenvalue weighted by molar-refractivity contribution is 7.18. The Morgan fingerprint density at radius 2 is 1.88 bits per heavy atom. The van der Waals surface area contributed by atoms with Crippen LogP contribution < -0.4 is 4.90 Å². The number of rotatable bonds is 5. The van der Waals surface area contributed by atoms with E-state index in [4.69, 9.17) is 4.98 Å². The van der Waals surface area contributed by atoms with E-state index in [1.54, 1.807) is 23.5 Å². The molecule has 2 fully saturated rings. The average molecular weight is 481 g/mol. The molecule has 8 heteroatoms. The van der Waals surface area contributed by atoms with Crippen molar-refractivity contribution < 1.29 is 14.0 Å². The lowest BCUT2D eigenvalue weighted by Gasteiger charge is -2.38. The van der Waals surface area contributed by atoms with Crippen LogP contribution in [0.15, 0.2) is 42.5 Å². The Bertz CT molecular complexity index is 1170. The predicted molar refractivity (Wildman–Crippen MR) is 133 cm³/mol. The second kappa shape index (κ2) is 9.80. The third kappa shape index (κ3) is 4.83. The number of fused-ring (bicyclic) bond motifs is 1. The standard InChI is InChI=1S/C26H29FN4O2S/c1-18(32)19-8-9-23(21(27)15-19)30-13-11-29(12-14-30)17-25(33)31-10-4-5-20(16-31)26-28-22-6-2-3-7-24(22)34-26/h2-3,6-9,15,20H,4-5,10-14,16-17H2,1H3. The lowest BCUT2D eigenvalue weighted by atomic mass is 9.98. The number of ketones is 1. The van der Waals surface area contributed by atoms with Gasteiger partial charge >= 0.3 is 0 Å². The van der Waals surface area contributed by atoms with Crippen LogP contribution in [0.3, 0.4) is 0 Å². The molecule has 0 radical (unpaired) electrons. The minimum Gasteiger partial charge on any atom is -0.367 e. The number of piperidine rings is 1. The zero-order valence-electron chi connectivity index (χ0n) is 19.4. The molecule has 2 saturated heterocycles. The van der Waals surface area contributed by atoms with Crippen LogP contribution in [0, 0.1) is 5.82 Å². The Morgan fingerprint density at radius 1 is 1.09 bits per heavy atom. The van der Waals surface area contributed by atoms with Gasteiger partial charge in [0.25, 0.3) is 0 Å². The summed E-state index contributed by atoms with van der Waals surface area (Å²) in [4.78, 5) is 35.5. The molecule has 0 aliphatic carbocycles. The minimum absolute atomic E-state index is 0.142. The topological polar surface area (TPSA) is 56.8 Å². The van der Waals surface area contributed by atoms with Crippen molar-refractivity contribution in [1.82, 2.24) is 14.8 Å². The van der Waals surface area contributed by atoms with Gasteiger partial charge in [-0.3, -0.25) is 14.5 Å². The van der Waals surface area contributed by atoms with E-state index < -0.39 is 0 Å². The molecule has 2 aliphatic heterocycles. The molecule has 3 aromatic rings. The van der Waals surface area contributed by atoms with E-state index in [-0.39, 0.29) is 17.5 Å². The second-order valence-electron chi connectivity index (χ2n) is 9.18. The van der Waals surface area contributed by atoms with Crippen LogP contribution >= 0.6 is 11.3 Å². The monoisotopic (exact) mass is 480 g/mol. The van der Waals surface area contributed by atoms with Crippen LogP contribution in [-0.2, 0) is 4.79 Å². The first-order valence-electron chi connectivity index (χ1n) is 11.9. The van der Waals surface area contributed by atoms with Crippen molar-refractivity contribution >= 4 is 38.9 Å². The number of para-hydroxylation sites is 1. The number of Topliss-reactive ketones (excluding diaryl/α,β-unsaturated/α-hetero) is 1. The minimum atomic E-state index is -0.369. The second-order valence-corrected chi connectivity index (χ2v) is 10.2. The van der Waals surface area contributed by atoms with Crippen LogP contribution in [0.2, 0.25) is 0 Å². The van der Waals surface area contributed by atoms with Gasteiger partial charge in [0.2, 0.25) is 5.91 Å². The molecule has 1 aromatic heterocycles. The molecule has 1 amide bonds. The molecule has 3 heterocycles. The summed E-state index contributed by atoms with van der Waals surface area (Å²) in [5.41, 5.74) is 1.94. The summed E-state index contributed by atoms with van der Waals surface area (Å²) in [7, 11) is 0. The number of hydrogen-bond acceptors (Lipinski definition) is 6. The first-order valence-corrected chi connectivity index (χ1v) is 12.7. The van der Waals surface area contributed by atoms with E-state index in [9.17, 15) is 14.0 Å². The summed E-state index contributed by atoms with van der Waals surface area (Å²) in [5, 5.41) is 1.13. The van der Waals surface area contributed by atoms with Gasteiger partial charge in [0.1, 0.15) is 5.82 Å². The molecule has 6 nitrogen and oxygen atoms in total. The average Bonchev–Trinajstić information content (AvgIpc) is 3.29. The maximum absolute atomic E-state index is 14.5. The van der Waals surface area contributed by atoms with Gasteiger partial charge in [-0.25, -0.2) is 9.37 Å². The van der Waals surface area contributed by atoms with Crippen molar-refractivity contribution in [2.45, 2.75) is 25.7 Å². The fourth-order valence-corrected chi connectivity index (χ4v) is 5.98. The predicted octanol–water partition coefficient (Wildman–Crippen LogP) is 4.17. The highest BCUT2D eigenvalue weighted by Gasteiger charge is 2.29. The number of likely N-dealkylation sites (tertiary alicyclic amines) is 1. The molecule has 2 aliphatic rings. The number of thiazole rings is 1. The Balaban J connectivity index is 1.16. The highest BCUT2D eigenvalue weighted by atomic mass is 32.1. The number of anilines is 1. The lowest BCUT2D eigenvalue weighted by Crippen LogP contribution is -2.51. The number of amides is 1. The van der Waals surface area contributed by atoms with Gasteiger partial charge < -0.3 is 9.80 Å². The quantitative estimate of drug-likeness (QED) is 0.513. The summed E-state index contributed by atoms with van der Waals surface area (Å²) in [6, 6.07) is 12.9. The summed E-state index contributed by atoms with van der Waals surface area (Å²) in [6.45, 7) is 6.07. The van der Waals surface area contributed by atoms with Crippen molar-refractivity contribution in [3.63, 3.8) is 0 Å². The van der Waals surface area contributed by atoms with E-state index in [0.717, 1.165) is 36.5 Å². The molecule has 0 bridgehead atoms. The third-order valence-corrected chi connectivity index (χ3v) is 8.06. The van der Waals surface area contributed by atoms with Crippen LogP contribution in [0.1, 0.15) is 41.0 Å². The van der Waals surface area contributed by atoms with Gasteiger partial charge in [-0.2, -0.15) is 0 Å². The van der Waals surface area contributed by atoms with E-state index in [1.807, 2.05) is 28.0 Å². The van der Waals surface area contributed by atoms with Crippen molar-refractivity contribution in [2.24, 2.45) is 0 Å². The Labute approximate surface area is 203 Å². The SMILES string of the molecule is CC(=O)c1ccc(N2CCN(CC(=O)N3CCCC(c4nc5ccccc5s4)C3)CC2)c(F)c1. The molecule has 0 saturated carbocycles. The number of carbonyl (C=O) groups is 2. The van der Waals surface area contributed by atoms with Crippen LogP contribution in [0.4, 0.5) is 10.1 Å². The zero-order valence-corrected chi connectivity index (χ0v) is 20.2. The van der Waals surface area contributed by atoms with Crippen molar-refractivity contribution in [3.8, 4) is 0 Å². The molecule has 178 valence electrons. The molecule has 1 unspecified atom stereocenters. The van der Waals surface area contributed by atoms with Gasteiger partial charge in [-0.1, -0.05) is 12.1 Å². The van der Waals surface area contributed by atoms with Crippen LogP contribution in [0.25, 0.3) is 10.2 Å². The number of benzene rings is 2. The maximum atomic E-state index is 14.5. The van der Waals surface area contributed by atoms with Crippen LogP contribution in [0.5, 0.6) is 0 Å². The normalized spacial score (nSPS) is 19.5. The summed E-state index contributed by atoms with van der Waals surface area (Å²) in [6.07, 6.45) is 2.06. The van der Waals surface area contributed by atoms with Gasteiger partial charge in [-0.15, -0.1) is 11.3 Å².